The Balaban J connectivity index is 1.59. The lowest BCUT2D eigenvalue weighted by Gasteiger charge is -2.35. The molecule has 0 heterocycles. The first kappa shape index (κ1) is 35.0. The number of aryl methyl sites for hydroxylation is 1. The molecule has 0 saturated heterocycles. The number of halogens is 1. The van der Waals surface area contributed by atoms with E-state index in [0.29, 0.717) is 10.6 Å². The van der Waals surface area contributed by atoms with Gasteiger partial charge >= 0.3 is 0 Å². The number of sulfonamides is 1. The molecule has 0 spiro atoms. The summed E-state index contributed by atoms with van der Waals surface area (Å²) >= 11 is 6.62. The summed E-state index contributed by atoms with van der Waals surface area (Å²) < 4.78 is 35.3. The molecule has 0 radical (unpaired) electrons. The second kappa shape index (κ2) is 16.2. The fourth-order valence-corrected chi connectivity index (χ4v) is 7.72. The first-order valence-electron chi connectivity index (χ1n) is 16.3. The summed E-state index contributed by atoms with van der Waals surface area (Å²) in [6.45, 7) is 1.29. The number of hydrogen-bond acceptors (Lipinski definition) is 5. The number of carbonyl (C=O) groups is 2. The molecular weight excluding hydrogens is 646 g/mol. The van der Waals surface area contributed by atoms with Crippen molar-refractivity contribution in [2.75, 3.05) is 18.0 Å². The fraction of sp³-hybridized carbons (Fsp3) is 0.316. The minimum Gasteiger partial charge on any atom is -0.495 e. The minimum atomic E-state index is -4.26. The maximum Gasteiger partial charge on any atom is 0.264 e. The Morgan fingerprint density at radius 3 is 2.21 bits per heavy atom. The Kier molecular flexibility index (Phi) is 11.8. The van der Waals surface area contributed by atoms with Crippen LogP contribution in [0.4, 0.5) is 5.69 Å². The van der Waals surface area contributed by atoms with Gasteiger partial charge in [0.05, 0.1) is 17.7 Å². The third-order valence-electron chi connectivity index (χ3n) is 8.76. The lowest BCUT2D eigenvalue weighted by molar-refractivity contribution is -0.140. The lowest BCUT2D eigenvalue weighted by atomic mass is 9.94. The van der Waals surface area contributed by atoms with Gasteiger partial charge < -0.3 is 15.0 Å². The second-order valence-electron chi connectivity index (χ2n) is 12.2. The van der Waals surface area contributed by atoms with E-state index in [-0.39, 0.29) is 41.2 Å². The van der Waals surface area contributed by atoms with Gasteiger partial charge in [0.15, 0.2) is 0 Å². The monoisotopic (exact) mass is 687 g/mol. The molecule has 1 aliphatic carbocycles. The van der Waals surface area contributed by atoms with Crippen LogP contribution in [0.5, 0.6) is 5.75 Å². The van der Waals surface area contributed by atoms with Crippen molar-refractivity contribution in [2.24, 2.45) is 0 Å². The lowest BCUT2D eigenvalue weighted by Crippen LogP contribution is -2.55. The standard InChI is InChI=1S/C38H42ClN3O5S/c1-28-21-23-32(24-22-28)48(45,46)42(34-19-11-12-20-36(34)47-2)27-37(43)41(26-30-15-9-10-18-33(30)39)35(25-29-13-5-3-6-14-29)38(44)40-31-16-7-4-8-17-31/h3,5-6,9-15,18-24,31,35H,4,7-8,16-17,25-27H2,1-2H3,(H,40,44). The van der Waals surface area contributed by atoms with E-state index in [0.717, 1.165) is 47.5 Å². The number of ether oxygens (including phenoxy) is 1. The van der Waals surface area contributed by atoms with Crippen LogP contribution in [-0.2, 0) is 32.6 Å². The highest BCUT2D eigenvalue weighted by atomic mass is 35.5. The van der Waals surface area contributed by atoms with Gasteiger partial charge in [0.2, 0.25) is 11.8 Å². The molecule has 1 N–H and O–H groups in total. The van der Waals surface area contributed by atoms with Gasteiger partial charge in [-0.25, -0.2) is 8.42 Å². The third kappa shape index (κ3) is 8.57. The highest BCUT2D eigenvalue weighted by molar-refractivity contribution is 7.92. The highest BCUT2D eigenvalue weighted by Crippen LogP contribution is 2.33. The average molecular weight is 688 g/mol. The van der Waals surface area contributed by atoms with Gasteiger partial charge in [-0.1, -0.05) is 109 Å². The molecule has 1 saturated carbocycles. The van der Waals surface area contributed by atoms with Gasteiger partial charge in [0.25, 0.3) is 10.0 Å². The van der Waals surface area contributed by atoms with E-state index >= 15 is 0 Å². The van der Waals surface area contributed by atoms with E-state index in [1.54, 1.807) is 48.5 Å². The van der Waals surface area contributed by atoms with Crippen LogP contribution in [0.25, 0.3) is 0 Å². The fourth-order valence-electron chi connectivity index (χ4n) is 6.10. The molecule has 2 amide bonds. The number of nitrogens with one attached hydrogen (secondary N) is 1. The number of para-hydroxylation sites is 2. The van der Waals surface area contributed by atoms with Crippen molar-refractivity contribution in [1.82, 2.24) is 10.2 Å². The van der Waals surface area contributed by atoms with E-state index in [9.17, 15) is 18.0 Å². The molecule has 8 nitrogen and oxygen atoms in total. The molecule has 4 aromatic carbocycles. The van der Waals surface area contributed by atoms with E-state index < -0.39 is 28.5 Å². The Morgan fingerprint density at radius 2 is 1.52 bits per heavy atom. The van der Waals surface area contributed by atoms with Crippen LogP contribution in [0.15, 0.2) is 108 Å². The predicted molar refractivity (Wildman–Crippen MR) is 190 cm³/mol. The van der Waals surface area contributed by atoms with Crippen molar-refractivity contribution in [3.05, 3.63) is 125 Å². The van der Waals surface area contributed by atoms with Gasteiger partial charge in [0, 0.05) is 24.0 Å². The zero-order valence-electron chi connectivity index (χ0n) is 27.3. The first-order valence-corrected chi connectivity index (χ1v) is 18.1. The molecule has 10 heteroatoms. The molecule has 1 aliphatic rings. The Morgan fingerprint density at radius 1 is 0.875 bits per heavy atom. The molecule has 0 bridgehead atoms. The molecule has 1 fully saturated rings. The van der Waals surface area contributed by atoms with Crippen LogP contribution < -0.4 is 14.4 Å². The van der Waals surface area contributed by atoms with E-state index in [1.165, 1.54) is 24.1 Å². The van der Waals surface area contributed by atoms with Gasteiger partial charge in [-0.2, -0.15) is 0 Å². The highest BCUT2D eigenvalue weighted by Gasteiger charge is 2.36. The quantitative estimate of drug-likeness (QED) is 0.164. The number of nitrogens with zero attached hydrogens (tertiary/aromatic N) is 2. The smallest absolute Gasteiger partial charge is 0.264 e. The van der Waals surface area contributed by atoms with E-state index in [2.05, 4.69) is 5.32 Å². The van der Waals surface area contributed by atoms with Crippen LogP contribution >= 0.6 is 11.6 Å². The minimum absolute atomic E-state index is 0.00155. The largest absolute Gasteiger partial charge is 0.495 e. The summed E-state index contributed by atoms with van der Waals surface area (Å²) in [6, 6.07) is 28.9. The summed E-state index contributed by atoms with van der Waals surface area (Å²) in [4.78, 5) is 30.5. The molecule has 0 aromatic heterocycles. The summed E-state index contributed by atoms with van der Waals surface area (Å²) in [5.41, 5.74) is 2.61. The SMILES string of the molecule is COc1ccccc1N(CC(=O)N(Cc1ccccc1Cl)C(Cc1ccccc1)C(=O)NC1CCCCC1)S(=O)(=O)c1ccc(C)cc1. The Hall–Kier alpha value is -4.34. The van der Waals surface area contributed by atoms with Crippen molar-refractivity contribution in [1.29, 1.82) is 0 Å². The molecule has 1 unspecified atom stereocenters. The van der Waals surface area contributed by atoms with Gasteiger partial charge in [-0.3, -0.25) is 13.9 Å². The zero-order chi connectivity index (χ0) is 34.1. The van der Waals surface area contributed by atoms with Gasteiger partial charge in [0.1, 0.15) is 18.3 Å². The summed E-state index contributed by atoms with van der Waals surface area (Å²) in [5.74, 6) is -0.554. The summed E-state index contributed by atoms with van der Waals surface area (Å²) in [6.07, 6.45) is 5.17. The third-order valence-corrected chi connectivity index (χ3v) is 10.9. The zero-order valence-corrected chi connectivity index (χ0v) is 28.9. The number of carbonyl (C=O) groups excluding carboxylic acids is 2. The van der Waals surface area contributed by atoms with Crippen molar-refractivity contribution < 1.29 is 22.7 Å². The van der Waals surface area contributed by atoms with Crippen molar-refractivity contribution >= 4 is 39.1 Å². The maximum atomic E-state index is 14.8. The number of amides is 2. The summed E-state index contributed by atoms with van der Waals surface area (Å²) in [7, 11) is -2.81. The average Bonchev–Trinajstić information content (AvgIpc) is 3.10. The maximum absolute atomic E-state index is 14.8. The Labute approximate surface area is 288 Å². The number of methoxy groups -OCH3 is 1. The number of hydrogen-bond donors (Lipinski definition) is 1. The van der Waals surface area contributed by atoms with Crippen LogP contribution in [-0.4, -0.2) is 50.9 Å². The number of rotatable bonds is 13. The molecular formula is C38H42ClN3O5S. The molecule has 5 rings (SSSR count). The molecule has 0 aliphatic heterocycles. The van der Waals surface area contributed by atoms with E-state index in [1.807, 2.05) is 49.4 Å². The van der Waals surface area contributed by atoms with Crippen molar-refractivity contribution in [3.8, 4) is 5.75 Å². The van der Waals surface area contributed by atoms with Gasteiger partial charge in [-0.05, 0) is 61.2 Å². The molecule has 48 heavy (non-hydrogen) atoms. The van der Waals surface area contributed by atoms with E-state index in [4.69, 9.17) is 16.3 Å². The van der Waals surface area contributed by atoms with Crippen LogP contribution in [0.1, 0.15) is 48.8 Å². The normalized spacial score (nSPS) is 14.1. The number of benzene rings is 4. The molecule has 1 atom stereocenters. The molecule has 252 valence electrons. The second-order valence-corrected chi connectivity index (χ2v) is 14.4. The number of anilines is 1. The predicted octanol–water partition coefficient (Wildman–Crippen LogP) is 6.94. The molecule has 4 aromatic rings. The topological polar surface area (TPSA) is 96.0 Å². The van der Waals surface area contributed by atoms with Crippen LogP contribution in [0.2, 0.25) is 5.02 Å². The van der Waals surface area contributed by atoms with Crippen LogP contribution in [0, 0.1) is 6.92 Å². The van der Waals surface area contributed by atoms with Crippen molar-refractivity contribution in [3.63, 3.8) is 0 Å². The van der Waals surface area contributed by atoms with Crippen LogP contribution in [0.3, 0.4) is 0 Å². The van der Waals surface area contributed by atoms with Crippen molar-refractivity contribution in [2.45, 2.75) is 69.0 Å². The van der Waals surface area contributed by atoms with Gasteiger partial charge in [-0.15, -0.1) is 0 Å². The summed E-state index contributed by atoms with van der Waals surface area (Å²) in [5, 5.41) is 3.66. The Bertz CT molecular complexity index is 1790. The first-order chi connectivity index (χ1) is 23.2.